The van der Waals surface area contributed by atoms with Crippen LogP contribution in [0.4, 0.5) is 0 Å². The standard InChI is InChI=1S/C17H31N3OS/c1-4-18-17(19-10-6-7-11-21-5-2)20-14-15(3)13-16-9-8-12-22-16/h8-9,12,15H,4-7,10-11,13-14H2,1-3H3,(H2,18,19,20). The molecule has 0 spiro atoms. The zero-order valence-electron chi connectivity index (χ0n) is 14.2. The fourth-order valence-corrected chi connectivity index (χ4v) is 2.98. The van der Waals surface area contributed by atoms with Gasteiger partial charge in [0.05, 0.1) is 0 Å². The van der Waals surface area contributed by atoms with Crippen molar-refractivity contribution in [2.45, 2.75) is 40.0 Å². The predicted molar refractivity (Wildman–Crippen MR) is 96.9 cm³/mol. The summed E-state index contributed by atoms with van der Waals surface area (Å²) in [6.07, 6.45) is 3.30. The molecule has 1 unspecified atom stereocenters. The predicted octanol–water partition coefficient (Wildman–Crippen LogP) is 3.30. The summed E-state index contributed by atoms with van der Waals surface area (Å²) in [5.41, 5.74) is 0. The number of thiophene rings is 1. The third kappa shape index (κ3) is 9.05. The van der Waals surface area contributed by atoms with Crippen LogP contribution in [0.2, 0.25) is 0 Å². The summed E-state index contributed by atoms with van der Waals surface area (Å²) in [7, 11) is 0. The van der Waals surface area contributed by atoms with Crippen molar-refractivity contribution in [2.75, 3.05) is 32.8 Å². The van der Waals surface area contributed by atoms with Gasteiger partial charge >= 0.3 is 0 Å². The van der Waals surface area contributed by atoms with Gasteiger partial charge in [0.15, 0.2) is 5.96 Å². The Morgan fingerprint density at radius 1 is 1.32 bits per heavy atom. The molecule has 2 N–H and O–H groups in total. The number of rotatable bonds is 11. The summed E-state index contributed by atoms with van der Waals surface area (Å²) < 4.78 is 5.34. The van der Waals surface area contributed by atoms with Crippen LogP contribution in [0.3, 0.4) is 0 Å². The highest BCUT2D eigenvalue weighted by atomic mass is 32.1. The molecule has 126 valence electrons. The Labute approximate surface area is 139 Å². The number of aliphatic imine (C=N–C) groups is 1. The molecule has 22 heavy (non-hydrogen) atoms. The minimum atomic E-state index is 0.562. The number of hydrogen-bond acceptors (Lipinski definition) is 3. The largest absolute Gasteiger partial charge is 0.382 e. The molecule has 0 aliphatic rings. The lowest BCUT2D eigenvalue weighted by molar-refractivity contribution is 0.143. The number of nitrogens with zero attached hydrogens (tertiary/aromatic N) is 1. The molecule has 1 aromatic heterocycles. The molecule has 4 nitrogen and oxygen atoms in total. The highest BCUT2D eigenvalue weighted by molar-refractivity contribution is 7.09. The van der Waals surface area contributed by atoms with E-state index in [4.69, 9.17) is 9.73 Å². The topological polar surface area (TPSA) is 45.7 Å². The van der Waals surface area contributed by atoms with E-state index in [-0.39, 0.29) is 0 Å². The van der Waals surface area contributed by atoms with Crippen molar-refractivity contribution >= 4 is 17.3 Å². The van der Waals surface area contributed by atoms with Gasteiger partial charge in [-0.05, 0) is 50.5 Å². The minimum Gasteiger partial charge on any atom is -0.382 e. The van der Waals surface area contributed by atoms with Crippen molar-refractivity contribution in [3.05, 3.63) is 22.4 Å². The van der Waals surface area contributed by atoms with Crippen LogP contribution in [0, 0.1) is 5.92 Å². The highest BCUT2D eigenvalue weighted by Gasteiger charge is 2.05. The van der Waals surface area contributed by atoms with Crippen molar-refractivity contribution in [1.82, 2.24) is 10.6 Å². The number of nitrogens with one attached hydrogen (secondary N) is 2. The Kier molecular flexibility index (Phi) is 10.8. The summed E-state index contributed by atoms with van der Waals surface area (Å²) in [6.45, 7) is 10.7. The quantitative estimate of drug-likeness (QED) is 0.373. The van der Waals surface area contributed by atoms with Crippen LogP contribution >= 0.6 is 11.3 Å². The van der Waals surface area contributed by atoms with Crippen LogP contribution in [-0.4, -0.2) is 38.8 Å². The average Bonchev–Trinajstić information content (AvgIpc) is 3.01. The number of unbranched alkanes of at least 4 members (excludes halogenated alkanes) is 1. The molecule has 1 aromatic rings. The molecule has 0 amide bonds. The summed E-state index contributed by atoms with van der Waals surface area (Å²) in [5.74, 6) is 1.49. The van der Waals surface area contributed by atoms with Crippen molar-refractivity contribution in [3.8, 4) is 0 Å². The van der Waals surface area contributed by atoms with Crippen LogP contribution in [0.15, 0.2) is 22.5 Å². The van der Waals surface area contributed by atoms with E-state index in [2.05, 4.69) is 42.0 Å². The summed E-state index contributed by atoms with van der Waals surface area (Å²) >= 11 is 1.83. The lowest BCUT2D eigenvalue weighted by Crippen LogP contribution is -2.38. The molecule has 0 saturated carbocycles. The zero-order valence-corrected chi connectivity index (χ0v) is 15.0. The molecular weight excluding hydrogens is 294 g/mol. The van der Waals surface area contributed by atoms with Gasteiger partial charge in [-0.2, -0.15) is 0 Å². The van der Waals surface area contributed by atoms with Crippen LogP contribution < -0.4 is 10.6 Å². The maximum absolute atomic E-state index is 5.34. The van der Waals surface area contributed by atoms with E-state index in [1.807, 2.05) is 18.3 Å². The average molecular weight is 326 g/mol. The Morgan fingerprint density at radius 2 is 2.18 bits per heavy atom. The van der Waals surface area contributed by atoms with Gasteiger partial charge in [0.1, 0.15) is 0 Å². The van der Waals surface area contributed by atoms with Crippen LogP contribution in [-0.2, 0) is 11.2 Å². The van der Waals surface area contributed by atoms with E-state index in [1.165, 1.54) is 4.88 Å². The maximum atomic E-state index is 5.34. The number of ether oxygens (including phenoxy) is 1. The minimum absolute atomic E-state index is 0.562. The molecule has 1 heterocycles. The first-order valence-electron chi connectivity index (χ1n) is 8.38. The molecule has 5 heteroatoms. The van der Waals surface area contributed by atoms with Crippen LogP contribution in [0.5, 0.6) is 0 Å². The Hall–Kier alpha value is -1.07. The first-order valence-corrected chi connectivity index (χ1v) is 9.26. The molecule has 1 atom stereocenters. The second kappa shape index (κ2) is 12.5. The van der Waals surface area contributed by atoms with Gasteiger partial charge in [-0.15, -0.1) is 11.3 Å². The highest BCUT2D eigenvalue weighted by Crippen LogP contribution is 2.14. The SMILES string of the molecule is CCNC(=NCC(C)Cc1cccs1)NCCCCOCC. The molecule has 0 radical (unpaired) electrons. The first-order chi connectivity index (χ1) is 10.8. The van der Waals surface area contributed by atoms with Crippen molar-refractivity contribution < 1.29 is 4.74 Å². The van der Waals surface area contributed by atoms with Gasteiger partial charge < -0.3 is 15.4 Å². The van der Waals surface area contributed by atoms with Crippen molar-refractivity contribution in [1.29, 1.82) is 0 Å². The summed E-state index contributed by atoms with van der Waals surface area (Å²) in [5, 5.41) is 8.84. The van der Waals surface area contributed by atoms with E-state index < -0.39 is 0 Å². The molecule has 0 fully saturated rings. The number of hydrogen-bond donors (Lipinski definition) is 2. The summed E-state index contributed by atoms with van der Waals surface area (Å²) in [4.78, 5) is 6.14. The van der Waals surface area contributed by atoms with Gasteiger partial charge in [-0.25, -0.2) is 0 Å². The second-order valence-corrected chi connectivity index (χ2v) is 6.47. The lowest BCUT2D eigenvalue weighted by atomic mass is 10.1. The van der Waals surface area contributed by atoms with E-state index in [1.54, 1.807) is 0 Å². The van der Waals surface area contributed by atoms with E-state index in [0.717, 1.165) is 58.1 Å². The summed E-state index contributed by atoms with van der Waals surface area (Å²) in [6, 6.07) is 4.32. The van der Waals surface area contributed by atoms with Gasteiger partial charge in [0.2, 0.25) is 0 Å². The molecule has 0 bridgehead atoms. The Morgan fingerprint density at radius 3 is 2.86 bits per heavy atom. The molecule has 0 aliphatic carbocycles. The fraction of sp³-hybridized carbons (Fsp3) is 0.706. The van der Waals surface area contributed by atoms with Crippen LogP contribution in [0.1, 0.15) is 38.5 Å². The third-order valence-electron chi connectivity index (χ3n) is 3.25. The number of guanidine groups is 1. The normalized spacial score (nSPS) is 13.1. The van der Waals surface area contributed by atoms with Crippen LogP contribution in [0.25, 0.3) is 0 Å². The molecular formula is C17H31N3OS. The third-order valence-corrected chi connectivity index (χ3v) is 4.15. The lowest BCUT2D eigenvalue weighted by Gasteiger charge is -2.13. The smallest absolute Gasteiger partial charge is 0.191 e. The van der Waals surface area contributed by atoms with E-state index in [9.17, 15) is 0 Å². The van der Waals surface area contributed by atoms with Gasteiger partial charge in [0, 0.05) is 37.7 Å². The van der Waals surface area contributed by atoms with Gasteiger partial charge in [0.25, 0.3) is 0 Å². The van der Waals surface area contributed by atoms with Gasteiger partial charge in [-0.1, -0.05) is 13.0 Å². The maximum Gasteiger partial charge on any atom is 0.191 e. The Balaban J connectivity index is 2.25. The zero-order chi connectivity index (χ0) is 16.0. The molecule has 0 aromatic carbocycles. The van der Waals surface area contributed by atoms with Crippen molar-refractivity contribution in [2.24, 2.45) is 10.9 Å². The first kappa shape index (κ1) is 19.0. The fourth-order valence-electron chi connectivity index (χ4n) is 2.11. The van der Waals surface area contributed by atoms with E-state index in [0.29, 0.717) is 5.92 Å². The molecule has 0 saturated heterocycles. The van der Waals surface area contributed by atoms with Crippen molar-refractivity contribution in [3.63, 3.8) is 0 Å². The molecule has 0 aliphatic heterocycles. The van der Waals surface area contributed by atoms with E-state index >= 15 is 0 Å². The molecule has 1 rings (SSSR count). The van der Waals surface area contributed by atoms with Gasteiger partial charge in [-0.3, -0.25) is 4.99 Å². The Bertz CT molecular complexity index is 393. The second-order valence-electron chi connectivity index (χ2n) is 5.44. The monoisotopic (exact) mass is 325 g/mol.